The molecule has 2 aliphatic rings. The number of hydrogen-bond acceptors (Lipinski definition) is 4. The summed E-state index contributed by atoms with van der Waals surface area (Å²) in [5, 5.41) is 8.60. The van der Waals surface area contributed by atoms with Gasteiger partial charge in [0, 0.05) is 26.2 Å². The molecule has 2 aliphatic heterocycles. The Kier molecular flexibility index (Phi) is 3.97. The van der Waals surface area contributed by atoms with Gasteiger partial charge in [-0.1, -0.05) is 0 Å². The maximum atomic E-state index is 12.1. The van der Waals surface area contributed by atoms with Crippen LogP contribution in [0.2, 0.25) is 0 Å². The van der Waals surface area contributed by atoms with Crippen LogP contribution in [0.4, 0.5) is 0 Å². The monoisotopic (exact) mass is 237 g/mol. The van der Waals surface area contributed by atoms with Crippen molar-refractivity contribution in [1.82, 2.24) is 9.80 Å². The molecule has 0 saturated carbocycles. The average molecular weight is 237 g/mol. The van der Waals surface area contributed by atoms with Gasteiger partial charge in [0.05, 0.1) is 18.7 Å². The van der Waals surface area contributed by atoms with Crippen molar-refractivity contribution in [1.29, 1.82) is 5.26 Å². The molecule has 0 aromatic heterocycles. The van der Waals surface area contributed by atoms with E-state index >= 15 is 0 Å². The minimum Gasteiger partial charge on any atom is -0.365 e. The molecule has 0 aliphatic carbocycles. The third-order valence-corrected chi connectivity index (χ3v) is 3.49. The molecule has 0 aromatic carbocycles. The zero-order chi connectivity index (χ0) is 12.3. The summed E-state index contributed by atoms with van der Waals surface area (Å²) in [5.74, 6) is 0.131. The summed E-state index contributed by atoms with van der Waals surface area (Å²) in [7, 11) is 0. The lowest BCUT2D eigenvalue weighted by atomic mass is 10.2. The Bertz CT molecular complexity index is 318. The van der Waals surface area contributed by atoms with Gasteiger partial charge in [-0.2, -0.15) is 5.26 Å². The largest absolute Gasteiger partial charge is 0.365 e. The van der Waals surface area contributed by atoms with E-state index in [-0.39, 0.29) is 18.1 Å². The lowest BCUT2D eigenvalue weighted by Gasteiger charge is -2.34. The number of nitriles is 1. The van der Waals surface area contributed by atoms with E-state index in [1.165, 1.54) is 0 Å². The van der Waals surface area contributed by atoms with Crippen molar-refractivity contribution >= 4 is 5.91 Å². The Morgan fingerprint density at radius 2 is 2.06 bits per heavy atom. The normalized spacial score (nSPS) is 30.2. The molecule has 2 atom stereocenters. The van der Waals surface area contributed by atoms with Gasteiger partial charge in [0.25, 0.3) is 5.91 Å². The van der Waals surface area contributed by atoms with Crippen LogP contribution in [0.3, 0.4) is 0 Å². The van der Waals surface area contributed by atoms with Crippen molar-refractivity contribution in [2.24, 2.45) is 0 Å². The highest BCUT2D eigenvalue weighted by Crippen LogP contribution is 2.21. The SMILES string of the molecule is CC1CCC(C(=O)N2CCN(CC#N)CC2)O1. The summed E-state index contributed by atoms with van der Waals surface area (Å²) >= 11 is 0. The van der Waals surface area contributed by atoms with E-state index in [1.54, 1.807) is 0 Å². The quantitative estimate of drug-likeness (QED) is 0.645. The number of hydrogen-bond donors (Lipinski definition) is 0. The summed E-state index contributed by atoms with van der Waals surface area (Å²) in [6, 6.07) is 2.14. The molecule has 5 heteroatoms. The van der Waals surface area contributed by atoms with Gasteiger partial charge in [-0.05, 0) is 19.8 Å². The Morgan fingerprint density at radius 1 is 1.35 bits per heavy atom. The summed E-state index contributed by atoms with van der Waals surface area (Å²) in [4.78, 5) is 16.1. The van der Waals surface area contributed by atoms with Crippen molar-refractivity contribution in [2.75, 3.05) is 32.7 Å². The molecule has 2 fully saturated rings. The molecule has 94 valence electrons. The number of rotatable bonds is 2. The van der Waals surface area contributed by atoms with Crippen LogP contribution in [-0.2, 0) is 9.53 Å². The first-order valence-electron chi connectivity index (χ1n) is 6.24. The number of piperazine rings is 1. The second-order valence-electron chi connectivity index (χ2n) is 4.77. The lowest BCUT2D eigenvalue weighted by Crippen LogP contribution is -2.51. The van der Waals surface area contributed by atoms with Crippen LogP contribution in [0.15, 0.2) is 0 Å². The molecule has 2 heterocycles. The molecule has 2 unspecified atom stereocenters. The second-order valence-corrected chi connectivity index (χ2v) is 4.77. The molecule has 0 aromatic rings. The molecule has 0 radical (unpaired) electrons. The molecular formula is C12H19N3O2. The summed E-state index contributed by atoms with van der Waals surface area (Å²) in [5.41, 5.74) is 0. The van der Waals surface area contributed by atoms with Crippen LogP contribution >= 0.6 is 0 Å². The molecule has 1 amide bonds. The first-order valence-corrected chi connectivity index (χ1v) is 6.24. The fourth-order valence-electron chi connectivity index (χ4n) is 2.41. The van der Waals surface area contributed by atoms with E-state index < -0.39 is 0 Å². The topological polar surface area (TPSA) is 56.6 Å². The summed E-state index contributed by atoms with van der Waals surface area (Å²) < 4.78 is 5.59. The van der Waals surface area contributed by atoms with Crippen molar-refractivity contribution in [3.63, 3.8) is 0 Å². The number of carbonyl (C=O) groups excluding carboxylic acids is 1. The van der Waals surface area contributed by atoms with E-state index in [2.05, 4.69) is 11.0 Å². The second kappa shape index (κ2) is 5.48. The van der Waals surface area contributed by atoms with E-state index in [1.807, 2.05) is 11.8 Å². The van der Waals surface area contributed by atoms with Gasteiger partial charge < -0.3 is 9.64 Å². The fraction of sp³-hybridized carbons (Fsp3) is 0.833. The first-order chi connectivity index (χ1) is 8.20. The Labute approximate surface area is 102 Å². The van der Waals surface area contributed by atoms with Crippen molar-refractivity contribution in [2.45, 2.75) is 32.0 Å². The molecule has 0 N–H and O–H groups in total. The molecule has 2 saturated heterocycles. The van der Waals surface area contributed by atoms with Crippen LogP contribution in [0.1, 0.15) is 19.8 Å². The predicted molar refractivity (Wildman–Crippen MR) is 62.2 cm³/mol. The highest BCUT2D eigenvalue weighted by atomic mass is 16.5. The van der Waals surface area contributed by atoms with Crippen molar-refractivity contribution < 1.29 is 9.53 Å². The minimum absolute atomic E-state index is 0.131. The van der Waals surface area contributed by atoms with Gasteiger partial charge in [0.1, 0.15) is 6.10 Å². The Hall–Kier alpha value is -1.12. The third-order valence-electron chi connectivity index (χ3n) is 3.49. The van der Waals surface area contributed by atoms with E-state index in [4.69, 9.17) is 10.00 Å². The maximum absolute atomic E-state index is 12.1. The molecular weight excluding hydrogens is 218 g/mol. The van der Waals surface area contributed by atoms with Gasteiger partial charge in [-0.15, -0.1) is 0 Å². The predicted octanol–water partition coefficient (Wildman–Crippen LogP) is 0.222. The summed E-state index contributed by atoms with van der Waals surface area (Å²) in [6.07, 6.45) is 1.81. The lowest BCUT2D eigenvalue weighted by molar-refractivity contribution is -0.144. The van der Waals surface area contributed by atoms with Gasteiger partial charge in [-0.3, -0.25) is 9.69 Å². The Morgan fingerprint density at radius 3 is 2.59 bits per heavy atom. The number of nitrogens with zero attached hydrogens (tertiary/aromatic N) is 3. The highest BCUT2D eigenvalue weighted by molar-refractivity contribution is 5.81. The maximum Gasteiger partial charge on any atom is 0.251 e. The van der Waals surface area contributed by atoms with Gasteiger partial charge in [-0.25, -0.2) is 0 Å². The van der Waals surface area contributed by atoms with E-state index in [0.717, 1.165) is 39.0 Å². The van der Waals surface area contributed by atoms with Crippen molar-refractivity contribution in [3.05, 3.63) is 0 Å². The average Bonchev–Trinajstić information content (AvgIpc) is 2.76. The van der Waals surface area contributed by atoms with Crippen LogP contribution in [0.5, 0.6) is 0 Å². The van der Waals surface area contributed by atoms with Crippen molar-refractivity contribution in [3.8, 4) is 6.07 Å². The Balaban J connectivity index is 1.80. The molecule has 5 nitrogen and oxygen atoms in total. The smallest absolute Gasteiger partial charge is 0.251 e. The van der Waals surface area contributed by atoms with Crippen LogP contribution in [0, 0.1) is 11.3 Å². The molecule has 2 rings (SSSR count). The molecule has 17 heavy (non-hydrogen) atoms. The van der Waals surface area contributed by atoms with Crippen LogP contribution in [0.25, 0.3) is 0 Å². The highest BCUT2D eigenvalue weighted by Gasteiger charge is 2.32. The van der Waals surface area contributed by atoms with E-state index in [0.29, 0.717) is 6.54 Å². The van der Waals surface area contributed by atoms with Gasteiger partial charge in [0.15, 0.2) is 0 Å². The van der Waals surface area contributed by atoms with E-state index in [9.17, 15) is 4.79 Å². The van der Waals surface area contributed by atoms with Crippen LogP contribution < -0.4 is 0 Å². The number of ether oxygens (including phenoxy) is 1. The van der Waals surface area contributed by atoms with Gasteiger partial charge in [0.2, 0.25) is 0 Å². The molecule has 0 spiro atoms. The third kappa shape index (κ3) is 2.96. The van der Waals surface area contributed by atoms with Crippen LogP contribution in [-0.4, -0.2) is 60.6 Å². The standard InChI is InChI=1S/C12H19N3O2/c1-10-2-3-11(17-10)12(16)15-8-6-14(5-4-13)7-9-15/h10-11H,2-3,5-9H2,1H3. The molecule has 0 bridgehead atoms. The number of carbonyl (C=O) groups is 1. The zero-order valence-electron chi connectivity index (χ0n) is 10.3. The first kappa shape index (κ1) is 12.3. The minimum atomic E-state index is -0.229. The number of amides is 1. The fourth-order valence-corrected chi connectivity index (χ4v) is 2.41. The zero-order valence-corrected chi connectivity index (χ0v) is 10.3. The van der Waals surface area contributed by atoms with Gasteiger partial charge >= 0.3 is 0 Å². The summed E-state index contributed by atoms with van der Waals surface area (Å²) in [6.45, 7) is 5.49.